The fraction of sp³-hybridized carbons (Fsp3) is 0.381. The van der Waals surface area contributed by atoms with Gasteiger partial charge in [0.1, 0.15) is 12.1 Å². The summed E-state index contributed by atoms with van der Waals surface area (Å²) in [5.41, 5.74) is 0.827. The van der Waals surface area contributed by atoms with Crippen LogP contribution in [-0.2, 0) is 16.0 Å². The molecule has 4 heterocycles. The highest BCUT2D eigenvalue weighted by Crippen LogP contribution is 2.40. The number of fused-ring (bicyclic) bond motifs is 2. The second kappa shape index (κ2) is 8.30. The molecule has 2 N–H and O–H groups in total. The minimum absolute atomic E-state index is 0.102. The van der Waals surface area contributed by atoms with Crippen molar-refractivity contribution >= 4 is 29.5 Å². The van der Waals surface area contributed by atoms with Gasteiger partial charge in [0, 0.05) is 20.6 Å². The number of ether oxygens (including phenoxy) is 2. The van der Waals surface area contributed by atoms with Gasteiger partial charge in [0.15, 0.2) is 23.5 Å². The number of hydrogen-bond donors (Lipinski definition) is 2. The van der Waals surface area contributed by atoms with Crippen molar-refractivity contribution in [2.75, 3.05) is 20.7 Å². The molecule has 0 bridgehead atoms. The van der Waals surface area contributed by atoms with Crippen molar-refractivity contribution < 1.29 is 19.4 Å². The fourth-order valence-corrected chi connectivity index (χ4v) is 4.19. The molecule has 1 aromatic carbocycles. The van der Waals surface area contributed by atoms with Gasteiger partial charge in [-0.3, -0.25) is 19.2 Å². The van der Waals surface area contributed by atoms with Gasteiger partial charge in [-0.1, -0.05) is 30.3 Å². The molecule has 1 amide bonds. The molecule has 2 aliphatic rings. The van der Waals surface area contributed by atoms with Gasteiger partial charge in [0.25, 0.3) is 5.56 Å². The summed E-state index contributed by atoms with van der Waals surface area (Å²) >= 11 is 0. The number of aliphatic hydroxyl groups excluding tert-OH is 1. The van der Waals surface area contributed by atoms with Gasteiger partial charge in [-0.25, -0.2) is 14.8 Å². The second-order valence-corrected chi connectivity index (χ2v) is 8.12. The topological polar surface area (TPSA) is 138 Å². The molecule has 5 rings (SSSR count). The number of aliphatic imine (C=N–C) groups is 1. The molecular weight excluding hydrogens is 430 g/mol. The van der Waals surface area contributed by atoms with Crippen molar-refractivity contribution in [2.45, 2.75) is 31.0 Å². The SMILES string of the molecule is CN(C)/C=N\c1nc2c(ncn2[C@@H]2O[C@H](CO)[C@@H]3C2OC(=O)N3Cc2ccccc2)c(=O)[nH]1. The molecule has 12 heteroatoms. The third-order valence-electron chi connectivity index (χ3n) is 5.62. The number of amides is 1. The quantitative estimate of drug-likeness (QED) is 0.409. The second-order valence-electron chi connectivity index (χ2n) is 8.12. The Morgan fingerprint density at radius 2 is 2.06 bits per heavy atom. The maximum Gasteiger partial charge on any atom is 0.411 e. The van der Waals surface area contributed by atoms with E-state index in [1.54, 1.807) is 28.5 Å². The minimum atomic E-state index is -0.818. The first-order valence-corrected chi connectivity index (χ1v) is 10.4. The molecule has 2 aromatic heterocycles. The van der Waals surface area contributed by atoms with Crippen molar-refractivity contribution in [3.05, 3.63) is 52.6 Å². The molecule has 0 aliphatic carbocycles. The van der Waals surface area contributed by atoms with Gasteiger partial charge in [-0.15, -0.1) is 0 Å². The van der Waals surface area contributed by atoms with Gasteiger partial charge >= 0.3 is 6.09 Å². The van der Waals surface area contributed by atoms with Crippen molar-refractivity contribution in [1.82, 2.24) is 29.3 Å². The first-order chi connectivity index (χ1) is 16.0. The highest BCUT2D eigenvalue weighted by Gasteiger charge is 2.57. The molecule has 2 aliphatic heterocycles. The Kier molecular flexibility index (Phi) is 5.30. The zero-order chi connectivity index (χ0) is 23.1. The standard InChI is InChI=1S/C21H23N7O5/c1-26(2)10-23-20-24-17-14(18(30)25-20)22-11-28(17)19-16-15(13(9-29)32-19)27(21(31)33-16)8-12-6-4-3-5-7-12/h3-7,10-11,13,15-16,19,29H,8-9H2,1-2H3,(H,24,25,30)/b23-10-/t13-,15-,16?,19-/m1/s1. The normalized spacial score (nSPS) is 24.6. The Labute approximate surface area is 188 Å². The first-order valence-electron chi connectivity index (χ1n) is 10.4. The number of rotatable bonds is 6. The average molecular weight is 453 g/mol. The Hall–Kier alpha value is -3.77. The highest BCUT2D eigenvalue weighted by atomic mass is 16.6. The summed E-state index contributed by atoms with van der Waals surface area (Å²) in [5.74, 6) is 0.102. The summed E-state index contributed by atoms with van der Waals surface area (Å²) in [5, 5.41) is 9.98. The lowest BCUT2D eigenvalue weighted by Gasteiger charge is -2.23. The summed E-state index contributed by atoms with van der Waals surface area (Å²) in [6, 6.07) is 8.99. The molecule has 2 fully saturated rings. The van der Waals surface area contributed by atoms with E-state index in [1.165, 1.54) is 12.7 Å². The first kappa shape index (κ1) is 21.1. The van der Waals surface area contributed by atoms with Crippen LogP contribution >= 0.6 is 0 Å². The highest BCUT2D eigenvalue weighted by molar-refractivity contribution is 5.73. The number of H-pyrrole nitrogens is 1. The Balaban J connectivity index is 1.50. The summed E-state index contributed by atoms with van der Waals surface area (Å²) in [6.07, 6.45) is 0.219. The number of carbonyl (C=O) groups excluding carboxylic acids is 1. The van der Waals surface area contributed by atoms with E-state index < -0.39 is 36.1 Å². The predicted octanol–water partition coefficient (Wildman–Crippen LogP) is 0.620. The van der Waals surface area contributed by atoms with E-state index in [0.717, 1.165) is 5.56 Å². The van der Waals surface area contributed by atoms with Crippen LogP contribution in [-0.4, -0.2) is 85.8 Å². The Morgan fingerprint density at radius 3 is 2.79 bits per heavy atom. The number of hydrogen-bond acceptors (Lipinski definition) is 8. The molecule has 1 unspecified atom stereocenters. The van der Waals surface area contributed by atoms with Gasteiger partial charge in [-0.2, -0.15) is 4.98 Å². The van der Waals surface area contributed by atoms with E-state index in [1.807, 2.05) is 30.3 Å². The molecule has 12 nitrogen and oxygen atoms in total. The zero-order valence-corrected chi connectivity index (χ0v) is 18.0. The smallest absolute Gasteiger partial charge is 0.411 e. The monoisotopic (exact) mass is 453 g/mol. The van der Waals surface area contributed by atoms with Gasteiger partial charge in [0.05, 0.1) is 19.3 Å². The van der Waals surface area contributed by atoms with E-state index in [4.69, 9.17) is 9.47 Å². The number of benzene rings is 1. The molecule has 172 valence electrons. The summed E-state index contributed by atoms with van der Waals surface area (Å²) in [4.78, 5) is 43.8. The summed E-state index contributed by atoms with van der Waals surface area (Å²) in [6.45, 7) is 0.0119. The van der Waals surface area contributed by atoms with Gasteiger partial charge < -0.3 is 19.5 Å². The molecule has 4 atom stereocenters. The summed E-state index contributed by atoms with van der Waals surface area (Å²) in [7, 11) is 3.59. The van der Waals surface area contributed by atoms with Crippen LogP contribution in [0.25, 0.3) is 11.2 Å². The molecule has 0 radical (unpaired) electrons. The molecule has 3 aromatic rings. The van der Waals surface area contributed by atoms with Crippen LogP contribution in [0.4, 0.5) is 10.7 Å². The number of aromatic nitrogens is 4. The third-order valence-corrected chi connectivity index (χ3v) is 5.62. The largest absolute Gasteiger partial charge is 0.439 e. The Morgan fingerprint density at radius 1 is 1.27 bits per heavy atom. The molecule has 0 spiro atoms. The summed E-state index contributed by atoms with van der Waals surface area (Å²) < 4.78 is 13.3. The lowest BCUT2D eigenvalue weighted by atomic mass is 10.1. The van der Waals surface area contributed by atoms with Crippen LogP contribution in [0.5, 0.6) is 0 Å². The van der Waals surface area contributed by atoms with Crippen molar-refractivity contribution in [3.8, 4) is 0 Å². The average Bonchev–Trinajstić information content (AvgIpc) is 3.46. The van der Waals surface area contributed by atoms with Crippen LogP contribution in [0, 0.1) is 0 Å². The van der Waals surface area contributed by atoms with E-state index in [-0.39, 0.29) is 23.7 Å². The molecular formula is C21H23N7O5. The van der Waals surface area contributed by atoms with Crippen LogP contribution < -0.4 is 5.56 Å². The fourth-order valence-electron chi connectivity index (χ4n) is 4.19. The number of nitrogens with zero attached hydrogens (tertiary/aromatic N) is 6. The van der Waals surface area contributed by atoms with E-state index >= 15 is 0 Å². The number of nitrogens with one attached hydrogen (secondary N) is 1. The lowest BCUT2D eigenvalue weighted by molar-refractivity contribution is -0.0609. The van der Waals surface area contributed by atoms with E-state index in [0.29, 0.717) is 6.54 Å². The van der Waals surface area contributed by atoms with Gasteiger partial charge in [0.2, 0.25) is 5.95 Å². The predicted molar refractivity (Wildman–Crippen MR) is 117 cm³/mol. The number of aliphatic hydroxyl groups is 1. The minimum Gasteiger partial charge on any atom is -0.439 e. The van der Waals surface area contributed by atoms with Crippen molar-refractivity contribution in [2.24, 2.45) is 4.99 Å². The number of aromatic amines is 1. The molecule has 2 saturated heterocycles. The zero-order valence-electron chi connectivity index (χ0n) is 18.0. The van der Waals surface area contributed by atoms with Crippen LogP contribution in [0.15, 0.2) is 46.4 Å². The lowest BCUT2D eigenvalue weighted by Crippen LogP contribution is -2.42. The van der Waals surface area contributed by atoms with Crippen LogP contribution in [0.2, 0.25) is 0 Å². The van der Waals surface area contributed by atoms with E-state index in [2.05, 4.69) is 19.9 Å². The molecule has 33 heavy (non-hydrogen) atoms. The third kappa shape index (κ3) is 3.72. The van der Waals surface area contributed by atoms with Crippen LogP contribution in [0.3, 0.4) is 0 Å². The maximum absolute atomic E-state index is 12.7. The van der Waals surface area contributed by atoms with E-state index in [9.17, 15) is 14.7 Å². The van der Waals surface area contributed by atoms with Crippen molar-refractivity contribution in [3.63, 3.8) is 0 Å². The number of carbonyl (C=O) groups is 1. The maximum atomic E-state index is 12.7. The van der Waals surface area contributed by atoms with Crippen LogP contribution in [0.1, 0.15) is 11.8 Å². The molecule has 0 saturated carbocycles. The van der Waals surface area contributed by atoms with Gasteiger partial charge in [-0.05, 0) is 5.56 Å². The Bertz CT molecular complexity index is 1250. The number of imidazole rings is 1. The van der Waals surface area contributed by atoms with Crippen molar-refractivity contribution in [1.29, 1.82) is 0 Å².